The molecule has 0 saturated carbocycles. The molecule has 0 spiro atoms. The third-order valence-electron chi connectivity index (χ3n) is 0.241. The Morgan fingerprint density at radius 1 is 1.80 bits per heavy atom. The number of allylic oxidation sites excluding steroid dienone is 1. The summed E-state index contributed by atoms with van der Waals surface area (Å²) in [6, 6.07) is 0. The fourth-order valence-electron chi connectivity index (χ4n) is 0.0745. The first-order valence-corrected chi connectivity index (χ1v) is 1.90. The van der Waals surface area contributed by atoms with Gasteiger partial charge in [-0.3, -0.25) is 0 Å². The van der Waals surface area contributed by atoms with Gasteiger partial charge in [0.25, 0.3) is 0 Å². The summed E-state index contributed by atoms with van der Waals surface area (Å²) < 4.78 is 0. The Hall–Kier alpha value is 0.0900. The van der Waals surface area contributed by atoms with Crippen molar-refractivity contribution in [2.45, 2.75) is 6.92 Å². The van der Waals surface area contributed by atoms with Gasteiger partial charge in [-0.25, -0.2) is 0 Å². The second-order valence-electron chi connectivity index (χ2n) is 0.604. The molecule has 0 atom stereocenters. The summed E-state index contributed by atoms with van der Waals surface area (Å²) in [5, 5.41) is 1.64. The van der Waals surface area contributed by atoms with E-state index in [0.29, 0.717) is 0 Å². The predicted molar refractivity (Wildman–Crippen MR) is 27.0 cm³/mol. The lowest BCUT2D eigenvalue weighted by Gasteiger charge is -1.62. The molecule has 1 heteroatoms. The van der Waals surface area contributed by atoms with Crippen molar-refractivity contribution < 1.29 is 0 Å². The summed E-state index contributed by atoms with van der Waals surface area (Å²) in [5.41, 5.74) is 0. The Labute approximate surface area is 38.3 Å². The SMILES string of the molecule is C[C]/C=C\S. The van der Waals surface area contributed by atoms with Crippen LogP contribution >= 0.6 is 12.6 Å². The molecule has 0 aliphatic carbocycles. The third-order valence-corrected chi connectivity index (χ3v) is 0.390. The maximum atomic E-state index is 3.76. The Kier molecular flexibility index (Phi) is 4.16. The molecule has 0 rings (SSSR count). The van der Waals surface area contributed by atoms with Crippen molar-refractivity contribution in [3.8, 4) is 0 Å². The number of hydrogen-bond donors (Lipinski definition) is 1. The number of rotatable bonds is 1. The highest BCUT2D eigenvalue weighted by molar-refractivity contribution is 7.83. The van der Waals surface area contributed by atoms with Crippen LogP contribution in [-0.2, 0) is 0 Å². The largest absolute Gasteiger partial charge is 0.152 e. The highest BCUT2D eigenvalue weighted by Crippen LogP contribution is 1.77. The standard InChI is InChI=1S/C4H6S/c1-2-3-4-5/h3-5H,1H3/b4-3-. The van der Waals surface area contributed by atoms with Gasteiger partial charge in [-0.05, 0) is 5.41 Å². The fraction of sp³-hybridized carbons (Fsp3) is 0.250. The molecule has 0 aromatic heterocycles. The highest BCUT2D eigenvalue weighted by atomic mass is 32.1. The van der Waals surface area contributed by atoms with Crippen molar-refractivity contribution in [3.05, 3.63) is 17.9 Å². The molecule has 0 amide bonds. The van der Waals surface area contributed by atoms with Crippen molar-refractivity contribution >= 4 is 12.6 Å². The van der Waals surface area contributed by atoms with Crippen LogP contribution in [-0.4, -0.2) is 0 Å². The minimum Gasteiger partial charge on any atom is -0.152 e. The maximum absolute atomic E-state index is 3.76. The molecule has 0 aliphatic heterocycles. The summed E-state index contributed by atoms with van der Waals surface area (Å²) >= 11 is 3.76. The molecule has 0 unspecified atom stereocenters. The van der Waals surface area contributed by atoms with Gasteiger partial charge >= 0.3 is 0 Å². The van der Waals surface area contributed by atoms with Crippen LogP contribution in [0.2, 0.25) is 0 Å². The molecular weight excluding hydrogens is 80.1 g/mol. The first kappa shape index (κ1) is 5.09. The average Bonchev–Trinajstić information content (AvgIpc) is 1.41. The molecule has 0 aromatic carbocycles. The first-order chi connectivity index (χ1) is 2.41. The molecule has 0 N–H and O–H groups in total. The van der Waals surface area contributed by atoms with Gasteiger partial charge in [-0.2, -0.15) is 12.6 Å². The van der Waals surface area contributed by atoms with E-state index in [1.807, 2.05) is 6.92 Å². The van der Waals surface area contributed by atoms with Gasteiger partial charge in [0.1, 0.15) is 0 Å². The Bertz CT molecular complexity index is 30.6. The van der Waals surface area contributed by atoms with E-state index in [2.05, 4.69) is 19.0 Å². The molecule has 2 radical (unpaired) electrons. The molecule has 28 valence electrons. The van der Waals surface area contributed by atoms with Crippen LogP contribution in [0.5, 0.6) is 0 Å². The Morgan fingerprint density at radius 3 is 2.40 bits per heavy atom. The molecule has 0 nitrogen and oxygen atoms in total. The lowest BCUT2D eigenvalue weighted by molar-refractivity contribution is 1.57. The first-order valence-electron chi connectivity index (χ1n) is 1.38. The quantitative estimate of drug-likeness (QED) is 0.460. The topological polar surface area (TPSA) is 0 Å². The molecule has 0 bridgehead atoms. The minimum atomic E-state index is 1.64. The summed E-state index contributed by atoms with van der Waals surface area (Å²) in [6.45, 7) is 1.83. The van der Waals surface area contributed by atoms with Crippen LogP contribution in [0.15, 0.2) is 11.5 Å². The van der Waals surface area contributed by atoms with Crippen LogP contribution in [0.3, 0.4) is 0 Å². The van der Waals surface area contributed by atoms with Crippen molar-refractivity contribution in [2.24, 2.45) is 0 Å². The zero-order valence-electron chi connectivity index (χ0n) is 3.10. The van der Waals surface area contributed by atoms with Gasteiger partial charge in [0, 0.05) is 6.42 Å². The van der Waals surface area contributed by atoms with E-state index in [9.17, 15) is 0 Å². The van der Waals surface area contributed by atoms with E-state index in [1.165, 1.54) is 0 Å². The van der Waals surface area contributed by atoms with E-state index >= 15 is 0 Å². The monoisotopic (exact) mass is 86.0 g/mol. The normalized spacial score (nSPS) is 10.0. The van der Waals surface area contributed by atoms with Crippen LogP contribution in [0, 0.1) is 6.42 Å². The van der Waals surface area contributed by atoms with Crippen molar-refractivity contribution in [1.29, 1.82) is 0 Å². The second-order valence-corrected chi connectivity index (χ2v) is 0.903. The van der Waals surface area contributed by atoms with E-state index < -0.39 is 0 Å². The summed E-state index contributed by atoms with van der Waals surface area (Å²) in [7, 11) is 0. The Balaban J connectivity index is 2.62. The second kappa shape index (κ2) is 4.09. The lowest BCUT2D eigenvalue weighted by Crippen LogP contribution is -1.43. The molecule has 0 aromatic rings. The van der Waals surface area contributed by atoms with Crippen LogP contribution in [0.25, 0.3) is 0 Å². The molecule has 0 aliphatic rings. The van der Waals surface area contributed by atoms with Crippen molar-refractivity contribution in [3.63, 3.8) is 0 Å². The van der Waals surface area contributed by atoms with Gasteiger partial charge in [0.2, 0.25) is 0 Å². The van der Waals surface area contributed by atoms with Crippen molar-refractivity contribution in [2.75, 3.05) is 0 Å². The molecular formula is C4H6S. The van der Waals surface area contributed by atoms with E-state index in [-0.39, 0.29) is 0 Å². The highest BCUT2D eigenvalue weighted by Gasteiger charge is 1.54. The van der Waals surface area contributed by atoms with Crippen molar-refractivity contribution in [1.82, 2.24) is 0 Å². The number of hydrogen-bond acceptors (Lipinski definition) is 1. The lowest BCUT2D eigenvalue weighted by atomic mass is 10.5. The average molecular weight is 86.2 g/mol. The molecule has 0 saturated heterocycles. The molecule has 0 heterocycles. The third kappa shape index (κ3) is 4.09. The molecule has 0 fully saturated rings. The number of thiol groups is 1. The van der Waals surface area contributed by atoms with E-state index in [4.69, 9.17) is 0 Å². The van der Waals surface area contributed by atoms with Gasteiger partial charge in [0.05, 0.1) is 0 Å². The zero-order valence-corrected chi connectivity index (χ0v) is 4.00. The van der Waals surface area contributed by atoms with Gasteiger partial charge in [-0.1, -0.05) is 13.0 Å². The Morgan fingerprint density at radius 2 is 2.40 bits per heavy atom. The maximum Gasteiger partial charge on any atom is 0.00557 e. The summed E-state index contributed by atoms with van der Waals surface area (Å²) in [4.78, 5) is 0. The van der Waals surface area contributed by atoms with E-state index in [0.717, 1.165) is 0 Å². The minimum absolute atomic E-state index is 1.64. The predicted octanol–water partition coefficient (Wildman–Crippen LogP) is 1.53. The summed E-state index contributed by atoms with van der Waals surface area (Å²) in [6.07, 6.45) is 4.50. The van der Waals surface area contributed by atoms with Crippen LogP contribution in [0.1, 0.15) is 6.92 Å². The molecule has 5 heavy (non-hydrogen) atoms. The van der Waals surface area contributed by atoms with Gasteiger partial charge in [-0.15, -0.1) is 0 Å². The van der Waals surface area contributed by atoms with Crippen LogP contribution in [0.4, 0.5) is 0 Å². The summed E-state index contributed by atoms with van der Waals surface area (Å²) in [5.74, 6) is 0. The smallest absolute Gasteiger partial charge is 0.00557 e. The zero-order chi connectivity index (χ0) is 4.12. The van der Waals surface area contributed by atoms with Crippen LogP contribution < -0.4 is 0 Å². The fourth-order valence-corrected chi connectivity index (χ4v) is 0.224. The van der Waals surface area contributed by atoms with Gasteiger partial charge in [0.15, 0.2) is 0 Å². The van der Waals surface area contributed by atoms with Gasteiger partial charge < -0.3 is 0 Å². The van der Waals surface area contributed by atoms with E-state index in [1.54, 1.807) is 11.5 Å².